The molecule has 9 nitrogen and oxygen atoms in total. The maximum Gasteiger partial charge on any atom is 0.516 e. The number of hydrogen-bond acceptors (Lipinski definition) is 8. The maximum absolute atomic E-state index is 12.5. The summed E-state index contributed by atoms with van der Waals surface area (Å²) in [4.78, 5) is 46.1. The fourth-order valence-electron chi connectivity index (χ4n) is 3.18. The van der Waals surface area contributed by atoms with Gasteiger partial charge in [-0.3, -0.25) is 4.79 Å². The Kier molecular flexibility index (Phi) is 7.97. The number of carbonyl (C=O) groups is 4. The molecule has 162 valence electrons. The molecule has 0 unspecified atom stereocenters. The summed E-state index contributed by atoms with van der Waals surface area (Å²) in [6, 6.07) is 3.05. The van der Waals surface area contributed by atoms with Gasteiger partial charge in [0.25, 0.3) is 0 Å². The van der Waals surface area contributed by atoms with Crippen LogP contribution in [0.4, 0.5) is 4.79 Å². The molecule has 0 bridgehead atoms. The summed E-state index contributed by atoms with van der Waals surface area (Å²) in [7, 11) is 0. The normalized spacial score (nSPS) is 18.1. The Morgan fingerprint density at radius 2 is 1.67 bits per heavy atom. The van der Waals surface area contributed by atoms with Gasteiger partial charge < -0.3 is 24.1 Å². The standard InChI is InChI=1S/C21H24O9/c1-4-17(22)27-11-28-21(26)30-18-12(2)9-15(10-13(18)3)20(25)29-16-7-5-14(6-8-16)19(23)24/h4,9-10,14,16H,1,5-8,11H2,2-3H3,(H,23,24). The van der Waals surface area contributed by atoms with E-state index in [1.165, 1.54) is 12.1 Å². The van der Waals surface area contributed by atoms with Crippen LogP contribution in [-0.2, 0) is 23.8 Å². The highest BCUT2D eigenvalue weighted by atomic mass is 16.8. The molecule has 0 aliphatic heterocycles. The molecule has 1 aromatic rings. The third kappa shape index (κ3) is 6.33. The van der Waals surface area contributed by atoms with Crippen molar-refractivity contribution in [2.24, 2.45) is 5.92 Å². The minimum Gasteiger partial charge on any atom is -0.481 e. The first kappa shape index (κ1) is 22.9. The summed E-state index contributed by atoms with van der Waals surface area (Å²) in [6.07, 6.45) is 1.50. The van der Waals surface area contributed by atoms with Gasteiger partial charge in [0.1, 0.15) is 11.9 Å². The Hall–Kier alpha value is -3.36. The van der Waals surface area contributed by atoms with E-state index in [0.29, 0.717) is 42.4 Å². The van der Waals surface area contributed by atoms with Crippen molar-refractivity contribution in [1.82, 2.24) is 0 Å². The third-order valence-electron chi connectivity index (χ3n) is 4.72. The second-order valence-electron chi connectivity index (χ2n) is 6.94. The van der Waals surface area contributed by atoms with Gasteiger partial charge in [-0.15, -0.1) is 0 Å². The highest BCUT2D eigenvalue weighted by Gasteiger charge is 2.28. The molecule has 0 saturated heterocycles. The van der Waals surface area contributed by atoms with Gasteiger partial charge in [-0.2, -0.15) is 0 Å². The zero-order chi connectivity index (χ0) is 22.3. The van der Waals surface area contributed by atoms with E-state index in [1.54, 1.807) is 13.8 Å². The average Bonchev–Trinajstić information content (AvgIpc) is 2.70. The van der Waals surface area contributed by atoms with E-state index in [-0.39, 0.29) is 17.8 Å². The summed E-state index contributed by atoms with van der Waals surface area (Å²) in [5.41, 5.74) is 1.32. The van der Waals surface area contributed by atoms with Crippen LogP contribution in [-0.4, -0.2) is 42.1 Å². The Morgan fingerprint density at radius 1 is 1.07 bits per heavy atom. The lowest BCUT2D eigenvalue weighted by atomic mass is 9.87. The lowest BCUT2D eigenvalue weighted by molar-refractivity contribution is -0.146. The first-order chi connectivity index (χ1) is 14.2. The molecule has 1 aromatic carbocycles. The first-order valence-electron chi connectivity index (χ1n) is 9.40. The molecule has 0 aromatic heterocycles. The molecule has 0 amide bonds. The van der Waals surface area contributed by atoms with Crippen LogP contribution in [0.3, 0.4) is 0 Å². The molecule has 1 aliphatic rings. The summed E-state index contributed by atoms with van der Waals surface area (Å²) in [6.45, 7) is 5.91. The molecule has 1 N–H and O–H groups in total. The van der Waals surface area contributed by atoms with Crippen LogP contribution in [0.15, 0.2) is 24.8 Å². The number of rotatable bonds is 7. The van der Waals surface area contributed by atoms with Gasteiger partial charge in [-0.25, -0.2) is 14.4 Å². The monoisotopic (exact) mass is 420 g/mol. The van der Waals surface area contributed by atoms with Crippen LogP contribution in [0.5, 0.6) is 5.75 Å². The zero-order valence-electron chi connectivity index (χ0n) is 16.8. The molecule has 1 aliphatic carbocycles. The van der Waals surface area contributed by atoms with Crippen molar-refractivity contribution in [3.05, 3.63) is 41.5 Å². The molecule has 0 radical (unpaired) electrons. The Bertz CT molecular complexity index is 812. The quantitative estimate of drug-likeness (QED) is 0.306. The first-order valence-corrected chi connectivity index (χ1v) is 9.40. The minimum absolute atomic E-state index is 0.216. The molecular weight excluding hydrogens is 396 g/mol. The number of carboxylic acids is 1. The zero-order valence-corrected chi connectivity index (χ0v) is 16.8. The summed E-state index contributed by atoms with van der Waals surface area (Å²) in [5, 5.41) is 9.04. The fraction of sp³-hybridized carbons (Fsp3) is 0.429. The van der Waals surface area contributed by atoms with Crippen molar-refractivity contribution in [2.75, 3.05) is 6.79 Å². The van der Waals surface area contributed by atoms with Crippen LogP contribution >= 0.6 is 0 Å². The number of carboxylic acid groups (broad SMARTS) is 1. The number of aryl methyl sites for hydroxylation is 2. The molecule has 2 rings (SSSR count). The van der Waals surface area contributed by atoms with Crippen molar-refractivity contribution in [3.63, 3.8) is 0 Å². The van der Waals surface area contributed by atoms with Crippen LogP contribution < -0.4 is 4.74 Å². The third-order valence-corrected chi connectivity index (χ3v) is 4.72. The predicted molar refractivity (Wildman–Crippen MR) is 103 cm³/mol. The van der Waals surface area contributed by atoms with Gasteiger partial charge in [0.05, 0.1) is 11.5 Å². The van der Waals surface area contributed by atoms with E-state index in [2.05, 4.69) is 16.1 Å². The second kappa shape index (κ2) is 10.4. The van der Waals surface area contributed by atoms with E-state index in [4.69, 9.17) is 14.6 Å². The molecule has 0 atom stereocenters. The molecule has 0 heterocycles. The second-order valence-corrected chi connectivity index (χ2v) is 6.94. The van der Waals surface area contributed by atoms with E-state index in [9.17, 15) is 19.2 Å². The molecule has 1 fully saturated rings. The van der Waals surface area contributed by atoms with Gasteiger partial charge in [0, 0.05) is 6.08 Å². The number of hydrogen-bond donors (Lipinski definition) is 1. The van der Waals surface area contributed by atoms with E-state index >= 15 is 0 Å². The van der Waals surface area contributed by atoms with Gasteiger partial charge in [0.15, 0.2) is 0 Å². The topological polar surface area (TPSA) is 125 Å². The van der Waals surface area contributed by atoms with Crippen LogP contribution in [0.25, 0.3) is 0 Å². The van der Waals surface area contributed by atoms with Crippen molar-refractivity contribution in [2.45, 2.75) is 45.6 Å². The van der Waals surface area contributed by atoms with Crippen molar-refractivity contribution < 1.29 is 43.2 Å². The van der Waals surface area contributed by atoms with Gasteiger partial charge >= 0.3 is 24.1 Å². The van der Waals surface area contributed by atoms with Crippen molar-refractivity contribution >= 4 is 24.1 Å². The largest absolute Gasteiger partial charge is 0.516 e. The highest BCUT2D eigenvalue weighted by molar-refractivity contribution is 5.90. The molecular formula is C21H24O9. The highest BCUT2D eigenvalue weighted by Crippen LogP contribution is 2.29. The van der Waals surface area contributed by atoms with E-state index < -0.39 is 30.9 Å². The predicted octanol–water partition coefficient (Wildman–Crippen LogP) is 3.31. The minimum atomic E-state index is -1.07. The Balaban J connectivity index is 1.94. The number of carbonyl (C=O) groups excluding carboxylic acids is 3. The summed E-state index contributed by atoms with van der Waals surface area (Å²) < 4.78 is 19.8. The Morgan fingerprint density at radius 3 is 2.20 bits per heavy atom. The number of aliphatic carboxylic acids is 1. The van der Waals surface area contributed by atoms with E-state index in [0.717, 1.165) is 6.08 Å². The lowest BCUT2D eigenvalue weighted by Crippen LogP contribution is -2.28. The molecule has 1 saturated carbocycles. The number of ether oxygens (including phenoxy) is 4. The summed E-state index contributed by atoms with van der Waals surface area (Å²) in [5.74, 6) is -2.26. The van der Waals surface area contributed by atoms with E-state index in [1.807, 2.05) is 0 Å². The molecule has 9 heteroatoms. The number of esters is 2. The van der Waals surface area contributed by atoms with Gasteiger partial charge in [0.2, 0.25) is 6.79 Å². The SMILES string of the molecule is C=CC(=O)OCOC(=O)Oc1c(C)cc(C(=O)OC2CCC(C(=O)O)CC2)cc1C. The maximum atomic E-state index is 12.5. The number of benzene rings is 1. The lowest BCUT2D eigenvalue weighted by Gasteiger charge is -2.26. The van der Waals surface area contributed by atoms with Crippen LogP contribution in [0, 0.1) is 19.8 Å². The average molecular weight is 420 g/mol. The fourth-order valence-corrected chi connectivity index (χ4v) is 3.18. The molecule has 30 heavy (non-hydrogen) atoms. The van der Waals surface area contributed by atoms with Crippen molar-refractivity contribution in [1.29, 1.82) is 0 Å². The van der Waals surface area contributed by atoms with Gasteiger partial charge in [-0.05, 0) is 62.8 Å². The Labute approximate surface area is 173 Å². The van der Waals surface area contributed by atoms with Crippen LogP contribution in [0.1, 0.15) is 47.2 Å². The van der Waals surface area contributed by atoms with Crippen molar-refractivity contribution in [3.8, 4) is 5.75 Å². The smallest absolute Gasteiger partial charge is 0.481 e. The molecule has 0 spiro atoms. The van der Waals surface area contributed by atoms with Crippen LogP contribution in [0.2, 0.25) is 0 Å². The van der Waals surface area contributed by atoms with Gasteiger partial charge in [-0.1, -0.05) is 6.58 Å². The summed E-state index contributed by atoms with van der Waals surface area (Å²) >= 11 is 0.